The van der Waals surface area contributed by atoms with Gasteiger partial charge in [0.25, 0.3) is 0 Å². The van der Waals surface area contributed by atoms with Crippen LogP contribution in [-0.2, 0) is 0 Å². The van der Waals surface area contributed by atoms with Crippen LogP contribution in [0.5, 0.6) is 0 Å². The molecular formula is C15H19FN2. The van der Waals surface area contributed by atoms with E-state index < -0.39 is 0 Å². The molecule has 0 bridgehead atoms. The molecule has 0 aliphatic heterocycles. The Bertz CT molecular complexity index is 430. The van der Waals surface area contributed by atoms with Crippen LogP contribution in [0.25, 0.3) is 0 Å². The minimum absolute atomic E-state index is 0.209. The molecule has 1 atom stereocenters. The van der Waals surface area contributed by atoms with Crippen LogP contribution < -0.4 is 5.32 Å². The third-order valence-electron chi connectivity index (χ3n) is 3.82. The van der Waals surface area contributed by atoms with Gasteiger partial charge in [-0.25, -0.2) is 4.39 Å². The summed E-state index contributed by atoms with van der Waals surface area (Å²) in [4.78, 5) is 0. The van der Waals surface area contributed by atoms with E-state index in [1.54, 1.807) is 12.1 Å². The van der Waals surface area contributed by atoms with Crippen molar-refractivity contribution in [1.82, 2.24) is 0 Å². The first-order chi connectivity index (χ1) is 8.69. The van der Waals surface area contributed by atoms with Crippen molar-refractivity contribution in [3.63, 3.8) is 0 Å². The Labute approximate surface area is 108 Å². The van der Waals surface area contributed by atoms with Crippen molar-refractivity contribution >= 4 is 5.69 Å². The largest absolute Gasteiger partial charge is 0.370 e. The first-order valence-corrected chi connectivity index (χ1v) is 6.60. The lowest BCUT2D eigenvalue weighted by molar-refractivity contribution is 0.282. The first kappa shape index (κ1) is 12.9. The highest BCUT2D eigenvalue weighted by atomic mass is 19.1. The molecule has 1 aromatic rings. The van der Waals surface area contributed by atoms with Gasteiger partial charge < -0.3 is 5.32 Å². The molecule has 0 radical (unpaired) electrons. The number of nitrogens with one attached hydrogen (secondary N) is 1. The zero-order chi connectivity index (χ0) is 13.0. The van der Waals surface area contributed by atoms with Crippen molar-refractivity contribution in [3.05, 3.63) is 30.1 Å². The topological polar surface area (TPSA) is 35.8 Å². The minimum atomic E-state index is -0.269. The van der Waals surface area contributed by atoms with Crippen molar-refractivity contribution in [3.8, 4) is 6.07 Å². The fourth-order valence-electron chi connectivity index (χ4n) is 2.63. The third kappa shape index (κ3) is 3.22. The molecule has 0 aromatic heterocycles. The van der Waals surface area contributed by atoms with Crippen LogP contribution in [0.3, 0.4) is 0 Å². The van der Waals surface area contributed by atoms with Gasteiger partial charge >= 0.3 is 0 Å². The number of nitrogens with zero attached hydrogens (tertiary/aromatic N) is 1. The van der Waals surface area contributed by atoms with E-state index in [1.807, 2.05) is 0 Å². The van der Waals surface area contributed by atoms with Crippen LogP contribution >= 0.6 is 0 Å². The van der Waals surface area contributed by atoms with Gasteiger partial charge in [-0.05, 0) is 42.9 Å². The van der Waals surface area contributed by atoms with Gasteiger partial charge in [0, 0.05) is 5.69 Å². The zero-order valence-electron chi connectivity index (χ0n) is 10.7. The quantitative estimate of drug-likeness (QED) is 0.876. The average molecular weight is 246 g/mol. The van der Waals surface area contributed by atoms with E-state index in [2.05, 4.69) is 18.3 Å². The maximum atomic E-state index is 13.1. The Hall–Kier alpha value is -1.56. The molecular weight excluding hydrogens is 227 g/mol. The number of hydrogen-bond donors (Lipinski definition) is 1. The number of halogens is 1. The minimum Gasteiger partial charge on any atom is -0.370 e. The van der Waals surface area contributed by atoms with Gasteiger partial charge in [-0.2, -0.15) is 5.26 Å². The van der Waals surface area contributed by atoms with E-state index in [0.717, 1.165) is 18.8 Å². The summed E-state index contributed by atoms with van der Waals surface area (Å²) in [5, 5.41) is 12.4. The van der Waals surface area contributed by atoms with Gasteiger partial charge in [-0.3, -0.25) is 0 Å². The van der Waals surface area contributed by atoms with Crippen LogP contribution in [-0.4, -0.2) is 6.04 Å². The lowest BCUT2D eigenvalue weighted by Crippen LogP contribution is -2.30. The van der Waals surface area contributed by atoms with Gasteiger partial charge in [0.05, 0.1) is 6.07 Å². The SMILES string of the molecule is CC1CCC(C(C#N)Nc2cccc(F)c2)CC1. The second kappa shape index (κ2) is 5.86. The van der Waals surface area contributed by atoms with Crippen LogP contribution in [0.4, 0.5) is 10.1 Å². The smallest absolute Gasteiger partial charge is 0.125 e. The van der Waals surface area contributed by atoms with Crippen molar-refractivity contribution in [1.29, 1.82) is 5.26 Å². The highest BCUT2D eigenvalue weighted by Crippen LogP contribution is 2.31. The number of hydrogen-bond acceptors (Lipinski definition) is 2. The molecule has 1 unspecified atom stereocenters. The van der Waals surface area contributed by atoms with E-state index in [4.69, 9.17) is 0 Å². The Balaban J connectivity index is 1.99. The van der Waals surface area contributed by atoms with E-state index in [0.29, 0.717) is 11.6 Å². The standard InChI is InChI=1S/C15H19FN2/c1-11-5-7-12(8-6-11)15(10-17)18-14-4-2-3-13(16)9-14/h2-4,9,11-12,15,18H,5-8H2,1H3. The van der Waals surface area contributed by atoms with Gasteiger partial charge in [-0.15, -0.1) is 0 Å². The monoisotopic (exact) mass is 246 g/mol. The molecule has 1 N–H and O–H groups in total. The van der Waals surface area contributed by atoms with Crippen molar-refractivity contribution in [2.24, 2.45) is 11.8 Å². The molecule has 1 saturated carbocycles. The normalized spacial score (nSPS) is 25.2. The number of nitriles is 1. The lowest BCUT2D eigenvalue weighted by Gasteiger charge is -2.30. The van der Waals surface area contributed by atoms with Gasteiger partial charge in [0.15, 0.2) is 0 Å². The van der Waals surface area contributed by atoms with E-state index >= 15 is 0 Å². The van der Waals surface area contributed by atoms with E-state index in [-0.39, 0.29) is 11.9 Å². The summed E-state index contributed by atoms with van der Waals surface area (Å²) < 4.78 is 13.1. The molecule has 0 spiro atoms. The molecule has 1 aliphatic carbocycles. The van der Waals surface area contributed by atoms with E-state index in [1.165, 1.54) is 25.0 Å². The number of anilines is 1. The van der Waals surface area contributed by atoms with Crippen LogP contribution in [0.15, 0.2) is 24.3 Å². The summed E-state index contributed by atoms with van der Waals surface area (Å²) in [7, 11) is 0. The van der Waals surface area contributed by atoms with Crippen LogP contribution in [0.2, 0.25) is 0 Å². The summed E-state index contributed by atoms with van der Waals surface area (Å²) in [6.07, 6.45) is 4.55. The molecule has 0 amide bonds. The third-order valence-corrected chi connectivity index (χ3v) is 3.82. The van der Waals surface area contributed by atoms with Gasteiger partial charge in [0.1, 0.15) is 11.9 Å². The average Bonchev–Trinajstić information content (AvgIpc) is 2.37. The molecule has 0 heterocycles. The van der Waals surface area contributed by atoms with Crippen molar-refractivity contribution in [2.75, 3.05) is 5.32 Å². The molecule has 1 aromatic carbocycles. The lowest BCUT2D eigenvalue weighted by atomic mass is 9.79. The fourth-order valence-corrected chi connectivity index (χ4v) is 2.63. The number of benzene rings is 1. The summed E-state index contributed by atoms with van der Waals surface area (Å²) in [5.74, 6) is 0.887. The van der Waals surface area contributed by atoms with Crippen molar-refractivity contribution < 1.29 is 4.39 Å². The van der Waals surface area contributed by atoms with Crippen LogP contribution in [0.1, 0.15) is 32.6 Å². The summed E-state index contributed by atoms with van der Waals surface area (Å²) in [6.45, 7) is 2.26. The number of rotatable bonds is 3. The molecule has 2 nitrogen and oxygen atoms in total. The Morgan fingerprint density at radius 1 is 1.33 bits per heavy atom. The predicted octanol–water partition coefficient (Wildman–Crippen LogP) is 3.96. The Kier molecular flexibility index (Phi) is 4.19. The summed E-state index contributed by atoms with van der Waals surface area (Å²) >= 11 is 0. The summed E-state index contributed by atoms with van der Waals surface area (Å²) in [5.41, 5.74) is 0.695. The fraction of sp³-hybridized carbons (Fsp3) is 0.533. The zero-order valence-corrected chi connectivity index (χ0v) is 10.7. The highest BCUT2D eigenvalue weighted by molar-refractivity contribution is 5.45. The summed E-state index contributed by atoms with van der Waals surface area (Å²) in [6, 6.07) is 8.43. The maximum absolute atomic E-state index is 13.1. The van der Waals surface area contributed by atoms with Crippen molar-refractivity contribution in [2.45, 2.75) is 38.6 Å². The molecule has 96 valence electrons. The second-order valence-corrected chi connectivity index (χ2v) is 5.28. The predicted molar refractivity (Wildman–Crippen MR) is 70.5 cm³/mol. The Morgan fingerprint density at radius 3 is 2.67 bits per heavy atom. The maximum Gasteiger partial charge on any atom is 0.125 e. The van der Waals surface area contributed by atoms with Gasteiger partial charge in [0.2, 0.25) is 0 Å². The van der Waals surface area contributed by atoms with Gasteiger partial charge in [-0.1, -0.05) is 25.8 Å². The highest BCUT2D eigenvalue weighted by Gasteiger charge is 2.25. The Morgan fingerprint density at radius 2 is 2.06 bits per heavy atom. The van der Waals surface area contributed by atoms with Crippen LogP contribution in [0, 0.1) is 29.0 Å². The molecule has 18 heavy (non-hydrogen) atoms. The first-order valence-electron chi connectivity index (χ1n) is 6.60. The van der Waals surface area contributed by atoms with E-state index in [9.17, 15) is 9.65 Å². The molecule has 0 saturated heterocycles. The molecule has 1 fully saturated rings. The molecule has 2 rings (SSSR count). The second-order valence-electron chi connectivity index (χ2n) is 5.28. The molecule has 1 aliphatic rings. The molecule has 3 heteroatoms.